The Hall–Kier alpha value is -1.17. The second-order valence-electron chi connectivity index (χ2n) is 3.53. The van der Waals surface area contributed by atoms with Gasteiger partial charge in [0.1, 0.15) is 5.82 Å². The van der Waals surface area contributed by atoms with E-state index in [-0.39, 0.29) is 5.91 Å². The first-order chi connectivity index (χ1) is 6.68. The van der Waals surface area contributed by atoms with Crippen LogP contribution in [0.5, 0.6) is 0 Å². The number of carbonyl (C=O) groups is 1. The highest BCUT2D eigenvalue weighted by molar-refractivity contribution is 7.71. The van der Waals surface area contributed by atoms with E-state index < -0.39 is 0 Å². The van der Waals surface area contributed by atoms with Crippen LogP contribution in [0.4, 0.5) is 0 Å². The molecule has 0 unspecified atom stereocenters. The zero-order valence-electron chi connectivity index (χ0n) is 7.69. The first kappa shape index (κ1) is 9.39. The number of nitrogens with one attached hydrogen (secondary N) is 1. The molecule has 6 heteroatoms. The molecule has 1 amide bonds. The summed E-state index contributed by atoms with van der Waals surface area (Å²) in [5, 5.41) is 6.90. The van der Waals surface area contributed by atoms with Crippen LogP contribution < -0.4 is 5.73 Å². The Morgan fingerprint density at radius 1 is 1.71 bits per heavy atom. The molecule has 14 heavy (non-hydrogen) atoms. The van der Waals surface area contributed by atoms with E-state index in [1.807, 2.05) is 4.57 Å². The van der Waals surface area contributed by atoms with Gasteiger partial charge < -0.3 is 10.3 Å². The van der Waals surface area contributed by atoms with Gasteiger partial charge in [0, 0.05) is 18.9 Å². The molecule has 1 aliphatic carbocycles. The lowest BCUT2D eigenvalue weighted by Gasteiger charge is -2.03. The van der Waals surface area contributed by atoms with Crippen molar-refractivity contribution in [1.29, 1.82) is 0 Å². The molecule has 1 heterocycles. The van der Waals surface area contributed by atoms with Crippen molar-refractivity contribution in [3.63, 3.8) is 0 Å². The molecule has 1 aromatic rings. The van der Waals surface area contributed by atoms with E-state index in [1.165, 1.54) is 0 Å². The predicted molar refractivity (Wildman–Crippen MR) is 53.2 cm³/mol. The number of nitrogens with two attached hydrogens (primary N) is 1. The van der Waals surface area contributed by atoms with Gasteiger partial charge in [-0.15, -0.1) is 0 Å². The van der Waals surface area contributed by atoms with E-state index in [0.717, 1.165) is 18.7 Å². The quantitative estimate of drug-likeness (QED) is 0.721. The molecule has 1 aliphatic rings. The summed E-state index contributed by atoms with van der Waals surface area (Å²) in [4.78, 5) is 10.6. The van der Waals surface area contributed by atoms with Crippen LogP contribution in [0.3, 0.4) is 0 Å². The fourth-order valence-electron chi connectivity index (χ4n) is 1.42. The molecule has 76 valence electrons. The van der Waals surface area contributed by atoms with Crippen LogP contribution in [-0.4, -0.2) is 20.7 Å². The molecule has 1 aromatic heterocycles. The number of rotatable bonds is 4. The molecule has 5 nitrogen and oxygen atoms in total. The molecule has 1 fully saturated rings. The third kappa shape index (κ3) is 1.84. The average Bonchev–Trinajstić information content (AvgIpc) is 2.88. The van der Waals surface area contributed by atoms with Crippen molar-refractivity contribution in [2.45, 2.75) is 31.7 Å². The molecule has 0 aliphatic heterocycles. The van der Waals surface area contributed by atoms with Gasteiger partial charge in [-0.2, -0.15) is 5.10 Å². The number of H-pyrrole nitrogens is 1. The minimum absolute atomic E-state index is 0.310. The van der Waals surface area contributed by atoms with Crippen molar-refractivity contribution >= 4 is 18.1 Å². The van der Waals surface area contributed by atoms with Gasteiger partial charge in [0.2, 0.25) is 5.91 Å². The van der Waals surface area contributed by atoms with Crippen LogP contribution in [0.25, 0.3) is 0 Å². The Kier molecular flexibility index (Phi) is 2.37. The molecule has 0 atom stereocenters. The topological polar surface area (TPSA) is 76.7 Å². The first-order valence-electron chi connectivity index (χ1n) is 4.62. The number of primary amides is 1. The predicted octanol–water partition coefficient (Wildman–Crippen LogP) is 0.693. The first-order valence-corrected chi connectivity index (χ1v) is 5.02. The average molecular weight is 212 g/mol. The highest BCUT2D eigenvalue weighted by Crippen LogP contribution is 2.38. The van der Waals surface area contributed by atoms with Crippen molar-refractivity contribution in [2.24, 2.45) is 5.73 Å². The summed E-state index contributed by atoms with van der Waals surface area (Å²) in [5.41, 5.74) is 5.08. The molecule has 0 radical (unpaired) electrons. The summed E-state index contributed by atoms with van der Waals surface area (Å²) in [6.07, 6.45) is 2.64. The highest BCUT2D eigenvalue weighted by Gasteiger charge is 2.28. The molecule has 3 N–H and O–H groups in total. The van der Waals surface area contributed by atoms with Crippen molar-refractivity contribution in [1.82, 2.24) is 14.8 Å². The third-order valence-electron chi connectivity index (χ3n) is 2.31. The molecular formula is C8H12N4OS. The van der Waals surface area contributed by atoms with Crippen molar-refractivity contribution in [3.05, 3.63) is 10.6 Å². The molecule has 1 saturated carbocycles. The van der Waals surface area contributed by atoms with E-state index in [4.69, 9.17) is 18.0 Å². The largest absolute Gasteiger partial charge is 0.370 e. The van der Waals surface area contributed by atoms with Gasteiger partial charge in [-0.1, -0.05) is 0 Å². The fourth-order valence-corrected chi connectivity index (χ4v) is 1.65. The van der Waals surface area contributed by atoms with E-state index in [2.05, 4.69) is 10.2 Å². The number of hydrogen-bond donors (Lipinski definition) is 2. The monoisotopic (exact) mass is 212 g/mol. The van der Waals surface area contributed by atoms with Crippen LogP contribution in [0.1, 0.15) is 31.0 Å². The SMILES string of the molecule is NC(=O)CCn1c(C2CC2)n[nH]c1=S. The Morgan fingerprint density at radius 2 is 2.43 bits per heavy atom. The lowest BCUT2D eigenvalue weighted by molar-refractivity contribution is -0.118. The highest BCUT2D eigenvalue weighted by atomic mass is 32.1. The van der Waals surface area contributed by atoms with E-state index in [9.17, 15) is 4.79 Å². The van der Waals surface area contributed by atoms with Gasteiger partial charge in [0.15, 0.2) is 4.77 Å². The molecule has 0 saturated heterocycles. The zero-order valence-corrected chi connectivity index (χ0v) is 8.51. The lowest BCUT2D eigenvalue weighted by Crippen LogP contribution is -2.15. The summed E-state index contributed by atoms with van der Waals surface area (Å²) in [7, 11) is 0. The minimum Gasteiger partial charge on any atom is -0.370 e. The maximum atomic E-state index is 10.6. The number of amides is 1. The normalized spacial score (nSPS) is 15.7. The molecule has 0 aromatic carbocycles. The van der Waals surface area contributed by atoms with E-state index in [1.54, 1.807) is 0 Å². The van der Waals surface area contributed by atoms with Crippen LogP contribution in [-0.2, 0) is 11.3 Å². The van der Waals surface area contributed by atoms with Crippen molar-refractivity contribution in [3.8, 4) is 0 Å². The Balaban J connectivity index is 2.17. The second kappa shape index (κ2) is 3.53. The van der Waals surface area contributed by atoms with Gasteiger partial charge in [0.05, 0.1) is 0 Å². The van der Waals surface area contributed by atoms with Gasteiger partial charge in [-0.3, -0.25) is 9.89 Å². The summed E-state index contributed by atoms with van der Waals surface area (Å²) in [5.74, 6) is 1.18. The molecule has 2 rings (SSSR count). The number of nitrogens with zero attached hydrogens (tertiary/aromatic N) is 2. The standard InChI is InChI=1S/C8H12N4OS/c9-6(13)3-4-12-7(5-1-2-5)10-11-8(12)14/h5H,1-4H2,(H2,9,13)(H,11,14). The van der Waals surface area contributed by atoms with Crippen LogP contribution >= 0.6 is 12.2 Å². The van der Waals surface area contributed by atoms with Crippen molar-refractivity contribution in [2.75, 3.05) is 0 Å². The van der Waals surface area contributed by atoms with Gasteiger partial charge >= 0.3 is 0 Å². The maximum absolute atomic E-state index is 10.6. The van der Waals surface area contributed by atoms with Crippen molar-refractivity contribution < 1.29 is 4.79 Å². The summed E-state index contributed by atoms with van der Waals surface area (Å²) >= 11 is 5.06. The van der Waals surface area contributed by atoms with Gasteiger partial charge in [-0.05, 0) is 25.1 Å². The van der Waals surface area contributed by atoms with Gasteiger partial charge in [-0.25, -0.2) is 0 Å². The summed E-state index contributed by atoms with van der Waals surface area (Å²) in [6.45, 7) is 0.538. The second-order valence-corrected chi connectivity index (χ2v) is 3.92. The Morgan fingerprint density at radius 3 is 3.00 bits per heavy atom. The molecule has 0 spiro atoms. The number of aromatic nitrogens is 3. The van der Waals surface area contributed by atoms with E-state index >= 15 is 0 Å². The molecule has 0 bridgehead atoms. The zero-order chi connectivity index (χ0) is 10.1. The van der Waals surface area contributed by atoms with Gasteiger partial charge in [0.25, 0.3) is 0 Å². The van der Waals surface area contributed by atoms with Crippen LogP contribution in [0.15, 0.2) is 0 Å². The molecular weight excluding hydrogens is 200 g/mol. The number of hydrogen-bond acceptors (Lipinski definition) is 3. The minimum atomic E-state index is -0.310. The number of aromatic amines is 1. The lowest BCUT2D eigenvalue weighted by atomic mass is 10.3. The van der Waals surface area contributed by atoms with E-state index in [0.29, 0.717) is 23.7 Å². The van der Waals surface area contributed by atoms with Crippen LogP contribution in [0, 0.1) is 4.77 Å². The summed E-state index contributed by atoms with van der Waals surface area (Å²) < 4.78 is 2.45. The Bertz CT molecular complexity index is 404. The smallest absolute Gasteiger partial charge is 0.219 e. The number of carbonyl (C=O) groups excluding carboxylic acids is 1. The fraction of sp³-hybridized carbons (Fsp3) is 0.625. The van der Waals surface area contributed by atoms with Crippen LogP contribution in [0.2, 0.25) is 0 Å². The Labute approximate surface area is 86.3 Å². The third-order valence-corrected chi connectivity index (χ3v) is 2.62. The summed E-state index contributed by atoms with van der Waals surface area (Å²) in [6, 6.07) is 0. The maximum Gasteiger partial charge on any atom is 0.219 e.